The monoisotopic (exact) mass is 348 g/mol. The summed E-state index contributed by atoms with van der Waals surface area (Å²) in [7, 11) is 0. The number of rotatable bonds is 1. The molecule has 0 aromatic carbocycles. The molecule has 1 aromatic rings. The molecule has 1 saturated heterocycles. The van der Waals surface area contributed by atoms with E-state index in [1.807, 2.05) is 20.8 Å². The summed E-state index contributed by atoms with van der Waals surface area (Å²) in [6.07, 6.45) is -1.57. The van der Waals surface area contributed by atoms with Crippen molar-refractivity contribution in [1.29, 1.82) is 0 Å². The van der Waals surface area contributed by atoms with E-state index in [0.717, 1.165) is 5.56 Å². The lowest BCUT2D eigenvalue weighted by Crippen LogP contribution is -2.58. The van der Waals surface area contributed by atoms with Crippen LogP contribution < -0.4 is 5.63 Å². The molecule has 4 rings (SSSR count). The number of ether oxygens (including phenoxy) is 1. The van der Waals surface area contributed by atoms with Gasteiger partial charge >= 0.3 is 11.6 Å². The predicted octanol–water partition coefficient (Wildman–Crippen LogP) is 1.77. The molecule has 3 aliphatic rings. The predicted molar refractivity (Wildman–Crippen MR) is 88.1 cm³/mol. The SMILES string of the molecule is CC(C)c1oc(=O)cc2c1[C@@H](O)C1OC(=O)[C@]3(C)C1[C@]2(C)CC[C@H]3O. The second-order valence-electron chi connectivity index (χ2n) is 8.46. The molecule has 6 atom stereocenters. The number of aliphatic hydroxyl groups is 2. The van der Waals surface area contributed by atoms with Gasteiger partial charge in [-0.15, -0.1) is 0 Å². The molecule has 2 unspecified atom stereocenters. The number of carbonyl (C=O) groups excluding carboxylic acids is 1. The minimum atomic E-state index is -1.08. The zero-order chi connectivity index (χ0) is 18.3. The highest BCUT2D eigenvalue weighted by Crippen LogP contribution is 2.63. The Hall–Kier alpha value is -1.66. The van der Waals surface area contributed by atoms with Gasteiger partial charge in [0, 0.05) is 28.9 Å². The van der Waals surface area contributed by atoms with E-state index in [-0.39, 0.29) is 11.8 Å². The highest BCUT2D eigenvalue weighted by molar-refractivity contribution is 5.81. The first-order valence-corrected chi connectivity index (χ1v) is 8.88. The van der Waals surface area contributed by atoms with E-state index in [9.17, 15) is 19.8 Å². The van der Waals surface area contributed by atoms with Crippen molar-refractivity contribution < 1.29 is 24.2 Å². The van der Waals surface area contributed by atoms with Crippen LogP contribution in [0.2, 0.25) is 0 Å². The number of carbonyl (C=O) groups is 1. The smallest absolute Gasteiger partial charge is 0.336 e. The minimum absolute atomic E-state index is 0.0879. The van der Waals surface area contributed by atoms with Crippen molar-refractivity contribution in [3.05, 3.63) is 33.4 Å². The number of fused-ring (bicyclic) bond motifs is 2. The van der Waals surface area contributed by atoms with Crippen LogP contribution in [-0.4, -0.2) is 28.4 Å². The number of hydrogen-bond donors (Lipinski definition) is 2. The van der Waals surface area contributed by atoms with Gasteiger partial charge in [-0.3, -0.25) is 4.79 Å². The molecule has 2 fully saturated rings. The van der Waals surface area contributed by atoms with Gasteiger partial charge in [0.1, 0.15) is 18.0 Å². The Balaban J connectivity index is 2.04. The molecule has 0 amide bonds. The fourth-order valence-electron chi connectivity index (χ4n) is 5.49. The van der Waals surface area contributed by atoms with Crippen molar-refractivity contribution in [2.75, 3.05) is 0 Å². The van der Waals surface area contributed by atoms with E-state index < -0.39 is 40.7 Å². The van der Waals surface area contributed by atoms with Crippen molar-refractivity contribution in [1.82, 2.24) is 0 Å². The normalized spacial score (nSPS) is 42.1. The Morgan fingerprint density at radius 3 is 2.56 bits per heavy atom. The van der Waals surface area contributed by atoms with Crippen molar-refractivity contribution in [2.24, 2.45) is 11.3 Å². The third-order valence-electron chi connectivity index (χ3n) is 6.75. The highest BCUT2D eigenvalue weighted by atomic mass is 16.6. The van der Waals surface area contributed by atoms with Gasteiger partial charge in [-0.1, -0.05) is 20.8 Å². The highest BCUT2D eigenvalue weighted by Gasteiger charge is 2.70. The fraction of sp³-hybridized carbons (Fsp3) is 0.684. The molecular weight excluding hydrogens is 324 g/mol. The van der Waals surface area contributed by atoms with Gasteiger partial charge in [-0.2, -0.15) is 0 Å². The minimum Gasteiger partial charge on any atom is -0.458 e. The van der Waals surface area contributed by atoms with E-state index in [1.165, 1.54) is 6.07 Å². The molecule has 1 saturated carbocycles. The molecule has 136 valence electrons. The summed E-state index contributed by atoms with van der Waals surface area (Å²) in [5.41, 5.74) is -0.764. The fourth-order valence-corrected chi connectivity index (χ4v) is 5.49. The Morgan fingerprint density at radius 2 is 1.92 bits per heavy atom. The molecule has 1 aromatic heterocycles. The van der Waals surface area contributed by atoms with Gasteiger partial charge in [0.05, 0.1) is 11.5 Å². The van der Waals surface area contributed by atoms with Crippen LogP contribution in [0.5, 0.6) is 0 Å². The Kier molecular flexibility index (Phi) is 3.32. The number of esters is 1. The maximum absolute atomic E-state index is 12.6. The van der Waals surface area contributed by atoms with Crippen molar-refractivity contribution in [3.63, 3.8) is 0 Å². The van der Waals surface area contributed by atoms with Crippen LogP contribution in [0.25, 0.3) is 0 Å². The molecular formula is C19H24O6. The van der Waals surface area contributed by atoms with Crippen molar-refractivity contribution in [3.8, 4) is 0 Å². The van der Waals surface area contributed by atoms with Gasteiger partial charge in [0.2, 0.25) is 0 Å². The lowest BCUT2D eigenvalue weighted by molar-refractivity contribution is -0.156. The quantitative estimate of drug-likeness (QED) is 0.751. The van der Waals surface area contributed by atoms with Crippen LogP contribution >= 0.6 is 0 Å². The van der Waals surface area contributed by atoms with E-state index >= 15 is 0 Å². The molecule has 1 aliphatic heterocycles. The van der Waals surface area contributed by atoms with Crippen LogP contribution in [0.15, 0.2) is 15.3 Å². The van der Waals surface area contributed by atoms with E-state index in [0.29, 0.717) is 24.2 Å². The van der Waals surface area contributed by atoms with Crippen LogP contribution in [0.3, 0.4) is 0 Å². The third kappa shape index (κ3) is 1.87. The summed E-state index contributed by atoms with van der Waals surface area (Å²) in [6, 6.07) is 1.45. The molecule has 2 heterocycles. The Bertz CT molecular complexity index is 811. The maximum atomic E-state index is 12.6. The van der Waals surface area contributed by atoms with Gasteiger partial charge < -0.3 is 19.4 Å². The van der Waals surface area contributed by atoms with E-state index in [1.54, 1.807) is 6.92 Å². The van der Waals surface area contributed by atoms with Crippen molar-refractivity contribution in [2.45, 2.75) is 70.2 Å². The van der Waals surface area contributed by atoms with Gasteiger partial charge in [-0.25, -0.2) is 4.79 Å². The molecule has 2 aliphatic carbocycles. The van der Waals surface area contributed by atoms with Gasteiger partial charge in [0.15, 0.2) is 0 Å². The summed E-state index contributed by atoms with van der Waals surface area (Å²) in [5.74, 6) is -0.501. The largest absolute Gasteiger partial charge is 0.458 e. The molecule has 0 spiro atoms. The average Bonchev–Trinajstić information content (AvgIpc) is 2.83. The number of aliphatic hydroxyl groups excluding tert-OH is 2. The topological polar surface area (TPSA) is 97.0 Å². The molecule has 0 bridgehead atoms. The molecule has 6 heteroatoms. The zero-order valence-electron chi connectivity index (χ0n) is 14.9. The van der Waals surface area contributed by atoms with Crippen molar-refractivity contribution >= 4 is 5.97 Å². The van der Waals surface area contributed by atoms with Gasteiger partial charge in [0.25, 0.3) is 0 Å². The van der Waals surface area contributed by atoms with Gasteiger partial charge in [-0.05, 0) is 25.3 Å². The van der Waals surface area contributed by atoms with E-state index in [2.05, 4.69) is 0 Å². The molecule has 25 heavy (non-hydrogen) atoms. The van der Waals surface area contributed by atoms with E-state index in [4.69, 9.17) is 9.15 Å². The average molecular weight is 348 g/mol. The summed E-state index contributed by atoms with van der Waals surface area (Å²) in [6.45, 7) is 7.52. The van der Waals surface area contributed by atoms with Crippen LogP contribution in [-0.2, 0) is 14.9 Å². The maximum Gasteiger partial charge on any atom is 0.336 e. The summed E-state index contributed by atoms with van der Waals surface area (Å²) in [4.78, 5) is 24.8. The molecule has 6 nitrogen and oxygen atoms in total. The first kappa shape index (κ1) is 16.8. The molecule has 2 N–H and O–H groups in total. The third-order valence-corrected chi connectivity index (χ3v) is 6.75. The summed E-state index contributed by atoms with van der Waals surface area (Å²) in [5, 5.41) is 21.6. The van der Waals surface area contributed by atoms with Crippen LogP contribution in [0, 0.1) is 11.3 Å². The second kappa shape index (κ2) is 4.95. The number of hydrogen-bond acceptors (Lipinski definition) is 6. The van der Waals surface area contributed by atoms with Crippen LogP contribution in [0.4, 0.5) is 0 Å². The standard InChI is InChI=1S/C19H24O6/c1-8(2)14-12-9(7-11(21)24-14)18(3)6-5-10(20)19(4)16(18)15(13(12)22)25-17(19)23/h7-8,10,13,15-16,20,22H,5-6H2,1-4H3/t10-,13-,15?,16?,18-,19+/m1/s1. The Labute approximate surface area is 145 Å². The first-order valence-electron chi connectivity index (χ1n) is 8.88. The first-order chi connectivity index (χ1) is 11.6. The molecule has 0 radical (unpaired) electrons. The summed E-state index contributed by atoms with van der Waals surface area (Å²) >= 11 is 0. The lowest BCUT2D eigenvalue weighted by atomic mass is 9.48. The van der Waals surface area contributed by atoms with Crippen LogP contribution in [0.1, 0.15) is 69.4 Å². The second-order valence-corrected chi connectivity index (χ2v) is 8.46. The Morgan fingerprint density at radius 1 is 1.24 bits per heavy atom. The lowest BCUT2D eigenvalue weighted by Gasteiger charge is -2.53. The summed E-state index contributed by atoms with van der Waals surface area (Å²) < 4.78 is 11.0. The zero-order valence-corrected chi connectivity index (χ0v) is 14.9.